The van der Waals surface area contributed by atoms with Crippen molar-refractivity contribution < 1.29 is 4.79 Å². The highest BCUT2D eigenvalue weighted by molar-refractivity contribution is 7.09. The Bertz CT molecular complexity index is 562. The fourth-order valence-electron chi connectivity index (χ4n) is 1.61. The lowest BCUT2D eigenvalue weighted by molar-refractivity contribution is 0.249. The number of hydrogen-bond donors (Lipinski definition) is 2. The number of carbonyl (C=O) groups excluding carboxylic acids is 1. The third kappa shape index (κ3) is 3.31. The van der Waals surface area contributed by atoms with E-state index >= 15 is 0 Å². The fraction of sp³-hybridized carbons (Fsp3) is 0.417. The molecule has 0 aliphatic rings. The van der Waals surface area contributed by atoms with Crippen molar-refractivity contribution in [3.8, 4) is 0 Å². The molecule has 0 aliphatic carbocycles. The van der Waals surface area contributed by atoms with Crippen LogP contribution in [0.4, 0.5) is 10.6 Å². The number of nitrogens with zero attached hydrogens (tertiary/aromatic N) is 3. The SMILES string of the molecule is CCc1nc([C@H](C)NC(=O)Nc2ccnn2C)cs1. The molecule has 19 heavy (non-hydrogen) atoms. The molecule has 2 heterocycles. The van der Waals surface area contributed by atoms with Crippen molar-refractivity contribution in [2.45, 2.75) is 26.3 Å². The second-order valence-electron chi connectivity index (χ2n) is 4.18. The standard InChI is InChI=1S/C12H17N5OS/c1-4-11-15-9(7-19-11)8(2)14-12(18)16-10-5-6-13-17(10)3/h5-8H,4H2,1-3H3,(H2,14,16,18)/t8-/m0/s1. The number of aromatic nitrogens is 3. The summed E-state index contributed by atoms with van der Waals surface area (Å²) in [4.78, 5) is 16.3. The minimum atomic E-state index is -0.262. The normalized spacial score (nSPS) is 12.2. The van der Waals surface area contributed by atoms with Crippen molar-refractivity contribution in [2.24, 2.45) is 7.05 Å². The maximum absolute atomic E-state index is 11.8. The number of aryl methyl sites for hydroxylation is 2. The van der Waals surface area contributed by atoms with Crippen LogP contribution >= 0.6 is 11.3 Å². The lowest BCUT2D eigenvalue weighted by Crippen LogP contribution is -2.32. The van der Waals surface area contributed by atoms with Gasteiger partial charge in [0.05, 0.1) is 22.9 Å². The van der Waals surface area contributed by atoms with Crippen LogP contribution in [0, 0.1) is 0 Å². The number of carbonyl (C=O) groups is 1. The second-order valence-corrected chi connectivity index (χ2v) is 5.12. The van der Waals surface area contributed by atoms with Crippen molar-refractivity contribution in [1.29, 1.82) is 0 Å². The first-order valence-electron chi connectivity index (χ1n) is 6.10. The van der Waals surface area contributed by atoms with E-state index in [1.807, 2.05) is 12.3 Å². The van der Waals surface area contributed by atoms with Gasteiger partial charge >= 0.3 is 6.03 Å². The van der Waals surface area contributed by atoms with Gasteiger partial charge in [-0.2, -0.15) is 5.10 Å². The molecule has 0 bridgehead atoms. The molecule has 2 aromatic rings. The molecule has 2 amide bonds. The molecule has 102 valence electrons. The van der Waals surface area contributed by atoms with Gasteiger partial charge in [-0.05, 0) is 13.3 Å². The predicted molar refractivity (Wildman–Crippen MR) is 75.3 cm³/mol. The summed E-state index contributed by atoms with van der Waals surface area (Å²) in [6.45, 7) is 3.98. The van der Waals surface area contributed by atoms with Crippen molar-refractivity contribution in [3.63, 3.8) is 0 Å². The number of nitrogens with one attached hydrogen (secondary N) is 2. The van der Waals surface area contributed by atoms with Gasteiger partial charge in [-0.3, -0.25) is 10.00 Å². The third-order valence-electron chi connectivity index (χ3n) is 2.73. The van der Waals surface area contributed by atoms with Crippen molar-refractivity contribution in [3.05, 3.63) is 28.3 Å². The number of amides is 2. The molecule has 1 atom stereocenters. The topological polar surface area (TPSA) is 71.8 Å². The van der Waals surface area contributed by atoms with Crippen LogP contribution in [0.25, 0.3) is 0 Å². The van der Waals surface area contributed by atoms with Gasteiger partial charge in [0, 0.05) is 18.5 Å². The van der Waals surface area contributed by atoms with Crippen molar-refractivity contribution in [1.82, 2.24) is 20.1 Å². The van der Waals surface area contributed by atoms with Crippen LogP contribution in [0.15, 0.2) is 17.6 Å². The summed E-state index contributed by atoms with van der Waals surface area (Å²) in [5.41, 5.74) is 0.891. The molecule has 0 saturated carbocycles. The van der Waals surface area contributed by atoms with E-state index in [1.165, 1.54) is 0 Å². The van der Waals surface area contributed by atoms with Crippen LogP contribution < -0.4 is 10.6 Å². The smallest absolute Gasteiger partial charge is 0.320 e. The molecule has 2 rings (SSSR count). The molecule has 0 unspecified atom stereocenters. The van der Waals surface area contributed by atoms with Crippen LogP contribution in [0.3, 0.4) is 0 Å². The maximum atomic E-state index is 11.8. The molecule has 0 saturated heterocycles. The lowest BCUT2D eigenvalue weighted by Gasteiger charge is -2.12. The van der Waals surface area contributed by atoms with Crippen LogP contribution in [-0.4, -0.2) is 20.8 Å². The van der Waals surface area contributed by atoms with E-state index in [2.05, 4.69) is 27.6 Å². The Labute approximate surface area is 115 Å². The quantitative estimate of drug-likeness (QED) is 0.902. The number of anilines is 1. The summed E-state index contributed by atoms with van der Waals surface area (Å²) in [5.74, 6) is 0.650. The predicted octanol–water partition coefficient (Wildman–Crippen LogP) is 2.32. The van der Waals surface area contributed by atoms with E-state index in [4.69, 9.17) is 0 Å². The Morgan fingerprint density at radius 3 is 2.95 bits per heavy atom. The number of thiazole rings is 1. The zero-order chi connectivity index (χ0) is 13.8. The van der Waals surface area contributed by atoms with Gasteiger partial charge in [0.1, 0.15) is 5.82 Å². The monoisotopic (exact) mass is 279 g/mol. The summed E-state index contributed by atoms with van der Waals surface area (Å²) in [6, 6.07) is 1.36. The number of rotatable bonds is 4. The Kier molecular flexibility index (Phi) is 4.16. The van der Waals surface area contributed by atoms with Crippen LogP contribution in [0.2, 0.25) is 0 Å². The van der Waals surface area contributed by atoms with Gasteiger partial charge in [0.25, 0.3) is 0 Å². The first-order chi connectivity index (χ1) is 9.10. The molecular formula is C12H17N5OS. The molecule has 6 nitrogen and oxygen atoms in total. The van der Waals surface area contributed by atoms with Crippen LogP contribution in [0.5, 0.6) is 0 Å². The van der Waals surface area contributed by atoms with Gasteiger partial charge in [0.15, 0.2) is 0 Å². The molecular weight excluding hydrogens is 262 g/mol. The maximum Gasteiger partial charge on any atom is 0.320 e. The fourth-order valence-corrected chi connectivity index (χ4v) is 2.44. The second kappa shape index (κ2) is 5.83. The molecule has 0 fully saturated rings. The lowest BCUT2D eigenvalue weighted by atomic mass is 10.3. The molecule has 0 aliphatic heterocycles. The molecule has 7 heteroatoms. The Balaban J connectivity index is 1.93. The van der Waals surface area contributed by atoms with Gasteiger partial charge in [-0.15, -0.1) is 11.3 Å². The highest BCUT2D eigenvalue weighted by atomic mass is 32.1. The Morgan fingerprint density at radius 1 is 1.58 bits per heavy atom. The van der Waals surface area contributed by atoms with E-state index in [0.717, 1.165) is 17.1 Å². The van der Waals surface area contributed by atoms with Crippen LogP contribution in [0.1, 0.15) is 30.6 Å². The molecule has 0 radical (unpaired) electrons. The minimum Gasteiger partial charge on any atom is -0.330 e. The average molecular weight is 279 g/mol. The Morgan fingerprint density at radius 2 is 2.37 bits per heavy atom. The van der Waals surface area contributed by atoms with E-state index in [0.29, 0.717) is 5.82 Å². The summed E-state index contributed by atoms with van der Waals surface area (Å²) >= 11 is 1.62. The van der Waals surface area contributed by atoms with E-state index in [9.17, 15) is 4.79 Å². The summed E-state index contributed by atoms with van der Waals surface area (Å²) in [6.07, 6.45) is 2.55. The average Bonchev–Trinajstić information content (AvgIpc) is 2.99. The molecule has 2 N–H and O–H groups in total. The van der Waals surface area contributed by atoms with E-state index < -0.39 is 0 Å². The number of hydrogen-bond acceptors (Lipinski definition) is 4. The third-order valence-corrected chi connectivity index (χ3v) is 3.74. The van der Waals surface area contributed by atoms with E-state index in [1.54, 1.807) is 35.3 Å². The summed E-state index contributed by atoms with van der Waals surface area (Å²) in [7, 11) is 1.77. The van der Waals surface area contributed by atoms with Gasteiger partial charge in [-0.25, -0.2) is 9.78 Å². The van der Waals surface area contributed by atoms with E-state index in [-0.39, 0.29) is 12.1 Å². The van der Waals surface area contributed by atoms with Crippen molar-refractivity contribution >= 4 is 23.2 Å². The first kappa shape index (κ1) is 13.5. The minimum absolute atomic E-state index is 0.121. The van der Waals surface area contributed by atoms with Gasteiger partial charge < -0.3 is 5.32 Å². The molecule has 2 aromatic heterocycles. The first-order valence-corrected chi connectivity index (χ1v) is 6.98. The summed E-state index contributed by atoms with van der Waals surface area (Å²) in [5, 5.41) is 12.6. The zero-order valence-electron chi connectivity index (χ0n) is 11.2. The number of urea groups is 1. The highest BCUT2D eigenvalue weighted by Gasteiger charge is 2.13. The summed E-state index contributed by atoms with van der Waals surface area (Å²) < 4.78 is 1.60. The van der Waals surface area contributed by atoms with Crippen LogP contribution in [-0.2, 0) is 13.5 Å². The highest BCUT2D eigenvalue weighted by Crippen LogP contribution is 2.17. The molecule has 0 spiro atoms. The Hall–Kier alpha value is -1.89. The molecule has 0 aromatic carbocycles. The largest absolute Gasteiger partial charge is 0.330 e. The van der Waals surface area contributed by atoms with Gasteiger partial charge in [-0.1, -0.05) is 6.92 Å². The zero-order valence-corrected chi connectivity index (χ0v) is 12.0. The van der Waals surface area contributed by atoms with Crippen molar-refractivity contribution in [2.75, 3.05) is 5.32 Å². The van der Waals surface area contributed by atoms with Gasteiger partial charge in [0.2, 0.25) is 0 Å².